The van der Waals surface area contributed by atoms with Crippen LogP contribution in [0.4, 0.5) is 0 Å². The number of unbranched alkanes of at least 4 members (excludes halogenated alkanes) is 14. The van der Waals surface area contributed by atoms with Crippen LogP contribution in [0.3, 0.4) is 0 Å². The van der Waals surface area contributed by atoms with Gasteiger partial charge >= 0.3 is 0 Å². The molecule has 0 aromatic heterocycles. The first-order valence-corrected chi connectivity index (χ1v) is 10.3. The molecule has 0 bridgehead atoms. The predicted octanol–water partition coefficient (Wildman–Crippen LogP) is 7.23. The first kappa shape index (κ1) is 22.2. The van der Waals surface area contributed by atoms with Gasteiger partial charge < -0.3 is 0 Å². The normalized spacial score (nSPS) is 10.6. The van der Waals surface area contributed by atoms with Gasteiger partial charge in [0.25, 0.3) is 0 Å². The topological polar surface area (TPSA) is 17.1 Å². The van der Waals surface area contributed by atoms with Gasteiger partial charge in [-0.05, 0) is 6.42 Å². The number of carbonyl (C=O) groups is 1. The van der Waals surface area contributed by atoms with Gasteiger partial charge in [0.1, 0.15) is 5.78 Å². The van der Waals surface area contributed by atoms with E-state index in [2.05, 4.69) is 12.8 Å². The molecule has 0 unspecified atom stereocenters. The average molecular weight is 321 g/mol. The van der Waals surface area contributed by atoms with Crippen molar-refractivity contribution in [3.05, 3.63) is 0 Å². The minimum Gasteiger partial charge on any atom is -0.300 e. The maximum atomic E-state index is 11.4. The average Bonchev–Trinajstić information content (AvgIpc) is 2.56. The van der Waals surface area contributed by atoms with Crippen LogP contribution >= 0.6 is 0 Å². The van der Waals surface area contributed by atoms with Gasteiger partial charge in [0.15, 0.2) is 0 Å². The molecule has 0 amide bonds. The fourth-order valence-corrected chi connectivity index (χ4v) is 3.03. The van der Waals surface area contributed by atoms with Crippen molar-refractivity contribution in [1.29, 1.82) is 0 Å². The Kier molecular flexibility index (Phi) is 18.6. The molecule has 0 spiro atoms. The summed E-state index contributed by atoms with van der Waals surface area (Å²) in [6.45, 7) is 2.28. The molecule has 0 saturated carbocycles. The molecular weight excluding hydrogens is 280 g/mol. The lowest BCUT2D eigenvalue weighted by molar-refractivity contribution is -0.119. The molecule has 23 heavy (non-hydrogen) atoms. The highest BCUT2D eigenvalue weighted by Crippen LogP contribution is 2.13. The lowest BCUT2D eigenvalue weighted by atomic mass is 10.0. The summed E-state index contributed by atoms with van der Waals surface area (Å²) >= 11 is 0. The molecule has 0 aliphatic heterocycles. The second-order valence-corrected chi connectivity index (χ2v) is 6.94. The van der Waals surface area contributed by atoms with Crippen LogP contribution in [0.15, 0.2) is 0 Å². The minimum absolute atomic E-state index is 0.345. The Morgan fingerprint density at radius 1 is 0.652 bits per heavy atom. The number of hydrogen-bond acceptors (Lipinski definition) is 1. The molecule has 1 heteroatoms. The van der Waals surface area contributed by atoms with Crippen LogP contribution in [0, 0.1) is 12.3 Å². The zero-order valence-corrected chi connectivity index (χ0v) is 15.7. The predicted molar refractivity (Wildman–Crippen MR) is 103 cm³/mol. The van der Waals surface area contributed by atoms with Gasteiger partial charge in [-0.3, -0.25) is 4.79 Å². The van der Waals surface area contributed by atoms with Crippen molar-refractivity contribution in [2.45, 2.75) is 122 Å². The fourth-order valence-electron chi connectivity index (χ4n) is 3.03. The molecule has 0 aliphatic rings. The van der Waals surface area contributed by atoms with Gasteiger partial charge in [0.2, 0.25) is 0 Å². The standard InChI is InChI=1S/C22H40O/c1-3-5-7-8-9-10-11-12-13-14-15-16-17-18-19-21-22(23)20-6-4-2/h2H,3,5-21H2,1H3. The van der Waals surface area contributed by atoms with Crippen molar-refractivity contribution in [2.75, 3.05) is 0 Å². The summed E-state index contributed by atoms with van der Waals surface area (Å²) in [6.07, 6.45) is 27.6. The quantitative estimate of drug-likeness (QED) is 0.192. The molecule has 0 atom stereocenters. The summed E-state index contributed by atoms with van der Waals surface area (Å²) in [5.41, 5.74) is 0. The number of terminal acetylenes is 1. The molecule has 0 aromatic rings. The van der Waals surface area contributed by atoms with Crippen molar-refractivity contribution in [3.63, 3.8) is 0 Å². The Morgan fingerprint density at radius 3 is 1.43 bits per heavy atom. The van der Waals surface area contributed by atoms with E-state index >= 15 is 0 Å². The Balaban J connectivity index is 3.05. The van der Waals surface area contributed by atoms with E-state index in [1.807, 2.05) is 0 Å². The van der Waals surface area contributed by atoms with Crippen LogP contribution in [0.25, 0.3) is 0 Å². The molecule has 0 radical (unpaired) electrons. The molecule has 0 heterocycles. The van der Waals surface area contributed by atoms with E-state index in [-0.39, 0.29) is 0 Å². The summed E-state index contributed by atoms with van der Waals surface area (Å²) in [5, 5.41) is 0. The smallest absolute Gasteiger partial charge is 0.133 e. The van der Waals surface area contributed by atoms with Crippen LogP contribution in [-0.4, -0.2) is 5.78 Å². The number of hydrogen-bond donors (Lipinski definition) is 0. The third kappa shape index (κ3) is 19.2. The zero-order valence-electron chi connectivity index (χ0n) is 15.7. The van der Waals surface area contributed by atoms with E-state index in [1.165, 1.54) is 89.9 Å². The summed E-state index contributed by atoms with van der Waals surface area (Å²) in [7, 11) is 0. The van der Waals surface area contributed by atoms with Gasteiger partial charge in [-0.15, -0.1) is 12.3 Å². The summed E-state index contributed by atoms with van der Waals surface area (Å²) in [5.74, 6) is 2.88. The molecule has 0 saturated heterocycles. The maximum Gasteiger partial charge on any atom is 0.133 e. The highest BCUT2D eigenvalue weighted by molar-refractivity contribution is 5.78. The third-order valence-electron chi connectivity index (χ3n) is 4.61. The second kappa shape index (κ2) is 19.3. The number of rotatable bonds is 18. The lowest BCUT2D eigenvalue weighted by Gasteiger charge is -2.03. The van der Waals surface area contributed by atoms with Gasteiger partial charge in [-0.25, -0.2) is 0 Å². The van der Waals surface area contributed by atoms with Gasteiger partial charge in [-0.1, -0.05) is 96.8 Å². The van der Waals surface area contributed by atoms with Crippen LogP contribution in [-0.2, 0) is 4.79 Å². The monoisotopic (exact) mass is 320 g/mol. The minimum atomic E-state index is 0.345. The highest BCUT2D eigenvalue weighted by Gasteiger charge is 2.00. The first-order chi connectivity index (χ1) is 11.3. The van der Waals surface area contributed by atoms with E-state index < -0.39 is 0 Å². The SMILES string of the molecule is C#CCCC(=O)CCCCCCCCCCCCCCCCC. The van der Waals surface area contributed by atoms with Crippen LogP contribution in [0.2, 0.25) is 0 Å². The molecule has 0 aliphatic carbocycles. The second-order valence-electron chi connectivity index (χ2n) is 6.94. The molecule has 1 nitrogen and oxygen atoms in total. The molecule has 0 aromatic carbocycles. The summed E-state index contributed by atoms with van der Waals surface area (Å²) < 4.78 is 0. The van der Waals surface area contributed by atoms with Crippen molar-refractivity contribution in [3.8, 4) is 12.3 Å². The van der Waals surface area contributed by atoms with Gasteiger partial charge in [0, 0.05) is 19.3 Å². The van der Waals surface area contributed by atoms with Crippen LogP contribution in [0.5, 0.6) is 0 Å². The van der Waals surface area contributed by atoms with Crippen LogP contribution < -0.4 is 0 Å². The van der Waals surface area contributed by atoms with Crippen molar-refractivity contribution < 1.29 is 4.79 Å². The van der Waals surface area contributed by atoms with E-state index in [0.717, 1.165) is 12.8 Å². The summed E-state index contributed by atoms with van der Waals surface area (Å²) in [6, 6.07) is 0. The number of carbonyl (C=O) groups excluding carboxylic acids is 1. The van der Waals surface area contributed by atoms with E-state index in [4.69, 9.17) is 6.42 Å². The first-order valence-electron chi connectivity index (χ1n) is 10.3. The third-order valence-corrected chi connectivity index (χ3v) is 4.61. The van der Waals surface area contributed by atoms with Crippen molar-refractivity contribution in [2.24, 2.45) is 0 Å². The zero-order chi connectivity index (χ0) is 17.0. The Morgan fingerprint density at radius 2 is 1.04 bits per heavy atom. The molecular formula is C22H40O. The van der Waals surface area contributed by atoms with Gasteiger partial charge in [0.05, 0.1) is 0 Å². The molecule has 0 rings (SSSR count). The number of ketones is 1. The largest absolute Gasteiger partial charge is 0.300 e. The van der Waals surface area contributed by atoms with Crippen molar-refractivity contribution in [1.82, 2.24) is 0 Å². The Bertz CT molecular complexity index is 287. The maximum absolute atomic E-state index is 11.4. The van der Waals surface area contributed by atoms with E-state index in [9.17, 15) is 4.79 Å². The highest BCUT2D eigenvalue weighted by atomic mass is 16.1. The molecule has 134 valence electrons. The Labute approximate surface area is 146 Å². The van der Waals surface area contributed by atoms with E-state index in [1.54, 1.807) is 0 Å². The van der Waals surface area contributed by atoms with E-state index in [0.29, 0.717) is 18.6 Å². The van der Waals surface area contributed by atoms with Crippen LogP contribution in [0.1, 0.15) is 122 Å². The summed E-state index contributed by atoms with van der Waals surface area (Å²) in [4.78, 5) is 11.4. The van der Waals surface area contributed by atoms with Gasteiger partial charge in [-0.2, -0.15) is 0 Å². The van der Waals surface area contributed by atoms with Crippen molar-refractivity contribution >= 4 is 5.78 Å². The molecule has 0 fully saturated rings. The fraction of sp³-hybridized carbons (Fsp3) is 0.864. The molecule has 0 N–H and O–H groups in total. The Hall–Kier alpha value is -0.770. The lowest BCUT2D eigenvalue weighted by Crippen LogP contribution is -1.96. The number of Topliss-reactive ketones (excluding diaryl/α,β-unsaturated/α-hetero) is 1.